The van der Waals surface area contributed by atoms with Gasteiger partial charge in [-0.05, 0) is 66.5 Å². The molecule has 0 aliphatic heterocycles. The smallest absolute Gasteiger partial charge is 0.115 e. The van der Waals surface area contributed by atoms with Gasteiger partial charge in [0.05, 0.1) is 0 Å². The van der Waals surface area contributed by atoms with Crippen LogP contribution in [-0.2, 0) is 5.41 Å². The molecule has 2 heteroatoms. The average molecular weight is 296 g/mol. The highest BCUT2D eigenvalue weighted by molar-refractivity contribution is 5.43. The zero-order valence-corrected chi connectivity index (χ0v) is 13.3. The van der Waals surface area contributed by atoms with Crippen LogP contribution in [-0.4, -0.2) is 10.2 Å². The monoisotopic (exact) mass is 296 g/mol. The Morgan fingerprint density at radius 3 is 1.64 bits per heavy atom. The number of aromatic hydroxyl groups is 2. The number of rotatable bonds is 2. The maximum absolute atomic E-state index is 9.61. The third-order valence-corrected chi connectivity index (χ3v) is 5.51. The molecule has 2 nitrogen and oxygen atoms in total. The second-order valence-corrected chi connectivity index (χ2v) is 6.87. The van der Waals surface area contributed by atoms with E-state index in [1.807, 2.05) is 24.3 Å². The minimum Gasteiger partial charge on any atom is -0.508 e. The first-order chi connectivity index (χ1) is 10.5. The number of hydrogen-bond donors (Lipinski definition) is 2. The van der Waals surface area contributed by atoms with Crippen molar-refractivity contribution in [2.75, 3.05) is 0 Å². The molecule has 0 amide bonds. The Bertz CT molecular complexity index is 582. The van der Waals surface area contributed by atoms with Crippen LogP contribution in [0.15, 0.2) is 48.5 Å². The zero-order valence-electron chi connectivity index (χ0n) is 13.3. The van der Waals surface area contributed by atoms with Crippen molar-refractivity contribution < 1.29 is 10.2 Å². The Kier molecular flexibility index (Phi) is 3.86. The van der Waals surface area contributed by atoms with E-state index in [1.165, 1.54) is 17.5 Å². The predicted octanol–water partition coefficient (Wildman–Crippen LogP) is 4.84. The fourth-order valence-corrected chi connectivity index (χ4v) is 3.86. The summed E-state index contributed by atoms with van der Waals surface area (Å²) in [6.45, 7) is 4.67. The summed E-state index contributed by atoms with van der Waals surface area (Å²) in [5.74, 6) is 2.00. The normalized spacial score (nSPS) is 24.1. The van der Waals surface area contributed by atoms with Crippen molar-refractivity contribution in [1.82, 2.24) is 0 Å². The van der Waals surface area contributed by atoms with Crippen molar-refractivity contribution in [3.63, 3.8) is 0 Å². The number of benzene rings is 2. The second-order valence-electron chi connectivity index (χ2n) is 6.87. The summed E-state index contributed by atoms with van der Waals surface area (Å²) in [7, 11) is 0. The minimum atomic E-state index is -0.0205. The zero-order chi connectivity index (χ0) is 15.7. The Balaban J connectivity index is 2.09. The van der Waals surface area contributed by atoms with E-state index in [0.29, 0.717) is 17.4 Å². The lowest BCUT2D eigenvalue weighted by Gasteiger charge is -2.44. The molecule has 116 valence electrons. The second kappa shape index (κ2) is 5.68. The maximum atomic E-state index is 9.61. The number of phenols is 2. The van der Waals surface area contributed by atoms with Gasteiger partial charge in [0.15, 0.2) is 0 Å². The van der Waals surface area contributed by atoms with E-state index in [0.717, 1.165) is 18.8 Å². The summed E-state index contributed by atoms with van der Waals surface area (Å²) in [6.07, 6.45) is 3.40. The maximum Gasteiger partial charge on any atom is 0.115 e. The SMILES string of the molecule is CC1CCC(c2ccc(O)cc2)(c2ccc(O)cc2)CC1C. The summed E-state index contributed by atoms with van der Waals surface area (Å²) in [6, 6.07) is 15.3. The number of hydrogen-bond acceptors (Lipinski definition) is 2. The van der Waals surface area contributed by atoms with E-state index >= 15 is 0 Å². The highest BCUT2D eigenvalue weighted by Gasteiger charge is 2.40. The van der Waals surface area contributed by atoms with E-state index in [9.17, 15) is 10.2 Å². The first-order valence-electron chi connectivity index (χ1n) is 8.10. The van der Waals surface area contributed by atoms with Gasteiger partial charge < -0.3 is 10.2 Å². The Labute approximate surface area is 132 Å². The van der Waals surface area contributed by atoms with Gasteiger partial charge in [-0.15, -0.1) is 0 Å². The molecule has 2 aromatic carbocycles. The highest BCUT2D eigenvalue weighted by Crippen LogP contribution is 2.49. The van der Waals surface area contributed by atoms with E-state index in [-0.39, 0.29) is 5.41 Å². The van der Waals surface area contributed by atoms with Crippen molar-refractivity contribution in [3.05, 3.63) is 59.7 Å². The van der Waals surface area contributed by atoms with Crippen molar-refractivity contribution in [2.24, 2.45) is 11.8 Å². The van der Waals surface area contributed by atoms with Crippen LogP contribution in [0.3, 0.4) is 0 Å². The summed E-state index contributed by atoms with van der Waals surface area (Å²) >= 11 is 0. The molecule has 1 fully saturated rings. The van der Waals surface area contributed by atoms with Crippen LogP contribution in [0.25, 0.3) is 0 Å². The van der Waals surface area contributed by atoms with E-state index in [1.54, 1.807) is 24.3 Å². The molecule has 0 aromatic heterocycles. The molecule has 0 saturated heterocycles. The van der Waals surface area contributed by atoms with Crippen LogP contribution in [0.2, 0.25) is 0 Å². The molecule has 1 aliphatic carbocycles. The summed E-state index contributed by atoms with van der Waals surface area (Å²) in [5.41, 5.74) is 2.50. The first-order valence-corrected chi connectivity index (χ1v) is 8.10. The van der Waals surface area contributed by atoms with Gasteiger partial charge in [0.2, 0.25) is 0 Å². The molecule has 0 heterocycles. The van der Waals surface area contributed by atoms with E-state index in [2.05, 4.69) is 13.8 Å². The molecular formula is C20H24O2. The van der Waals surface area contributed by atoms with Crippen molar-refractivity contribution in [3.8, 4) is 11.5 Å². The van der Waals surface area contributed by atoms with Gasteiger partial charge in [-0.3, -0.25) is 0 Å². The van der Waals surface area contributed by atoms with Crippen LogP contribution in [0.4, 0.5) is 0 Å². The molecule has 3 rings (SSSR count). The molecular weight excluding hydrogens is 272 g/mol. The molecule has 1 saturated carbocycles. The van der Waals surface area contributed by atoms with Crippen LogP contribution < -0.4 is 0 Å². The molecule has 0 radical (unpaired) electrons. The van der Waals surface area contributed by atoms with Crippen molar-refractivity contribution in [1.29, 1.82) is 0 Å². The Morgan fingerprint density at radius 1 is 0.773 bits per heavy atom. The summed E-state index contributed by atoms with van der Waals surface area (Å²) in [5, 5.41) is 19.2. The predicted molar refractivity (Wildman–Crippen MR) is 89.2 cm³/mol. The first kappa shape index (κ1) is 15.0. The lowest BCUT2D eigenvalue weighted by atomic mass is 9.60. The van der Waals surface area contributed by atoms with Crippen molar-refractivity contribution >= 4 is 0 Å². The van der Waals surface area contributed by atoms with Crippen LogP contribution in [0.1, 0.15) is 44.2 Å². The van der Waals surface area contributed by atoms with Gasteiger partial charge in [0, 0.05) is 5.41 Å². The van der Waals surface area contributed by atoms with Gasteiger partial charge >= 0.3 is 0 Å². The minimum absolute atomic E-state index is 0.0205. The molecule has 0 spiro atoms. The van der Waals surface area contributed by atoms with Gasteiger partial charge in [-0.2, -0.15) is 0 Å². The molecule has 0 bridgehead atoms. The van der Waals surface area contributed by atoms with Gasteiger partial charge in [-0.25, -0.2) is 0 Å². The third kappa shape index (κ3) is 2.58. The lowest BCUT2D eigenvalue weighted by molar-refractivity contribution is 0.201. The molecule has 22 heavy (non-hydrogen) atoms. The molecule has 2 unspecified atom stereocenters. The van der Waals surface area contributed by atoms with Crippen LogP contribution in [0.5, 0.6) is 11.5 Å². The molecule has 2 aromatic rings. The highest BCUT2D eigenvalue weighted by atomic mass is 16.3. The number of phenolic OH excluding ortho intramolecular Hbond substituents is 2. The standard InChI is InChI=1S/C20H24O2/c1-14-11-12-20(13-15(14)2,16-3-7-18(21)8-4-16)17-5-9-19(22)10-6-17/h3-10,14-15,21-22H,11-13H2,1-2H3. The van der Waals surface area contributed by atoms with E-state index in [4.69, 9.17) is 0 Å². The van der Waals surface area contributed by atoms with Crippen LogP contribution in [0, 0.1) is 11.8 Å². The third-order valence-electron chi connectivity index (χ3n) is 5.51. The average Bonchev–Trinajstić information content (AvgIpc) is 2.52. The van der Waals surface area contributed by atoms with Crippen LogP contribution >= 0.6 is 0 Å². The van der Waals surface area contributed by atoms with Gasteiger partial charge in [0.1, 0.15) is 11.5 Å². The molecule has 2 N–H and O–H groups in total. The Hall–Kier alpha value is -1.96. The Morgan fingerprint density at radius 2 is 1.23 bits per heavy atom. The quantitative estimate of drug-likeness (QED) is 0.832. The van der Waals surface area contributed by atoms with Gasteiger partial charge in [0.25, 0.3) is 0 Å². The lowest BCUT2D eigenvalue weighted by Crippen LogP contribution is -2.36. The fraction of sp³-hybridized carbons (Fsp3) is 0.400. The van der Waals surface area contributed by atoms with Crippen molar-refractivity contribution in [2.45, 2.75) is 38.5 Å². The largest absolute Gasteiger partial charge is 0.508 e. The van der Waals surface area contributed by atoms with E-state index < -0.39 is 0 Å². The summed E-state index contributed by atoms with van der Waals surface area (Å²) < 4.78 is 0. The van der Waals surface area contributed by atoms with Gasteiger partial charge in [-0.1, -0.05) is 38.1 Å². The topological polar surface area (TPSA) is 40.5 Å². The molecule has 2 atom stereocenters. The summed E-state index contributed by atoms with van der Waals surface area (Å²) in [4.78, 5) is 0. The fourth-order valence-electron chi connectivity index (χ4n) is 3.86. The molecule has 1 aliphatic rings.